The molecule has 1 unspecified atom stereocenters. The Morgan fingerprint density at radius 3 is 2.46 bits per heavy atom. The summed E-state index contributed by atoms with van der Waals surface area (Å²) in [6, 6.07) is 1.63. The molecule has 1 atom stereocenters. The van der Waals surface area contributed by atoms with E-state index in [2.05, 4.69) is 15.5 Å². The summed E-state index contributed by atoms with van der Waals surface area (Å²) < 4.78 is 39.6. The van der Waals surface area contributed by atoms with Crippen molar-refractivity contribution in [2.45, 2.75) is 32.2 Å². The van der Waals surface area contributed by atoms with Gasteiger partial charge in [0.15, 0.2) is 11.4 Å². The van der Waals surface area contributed by atoms with Gasteiger partial charge in [0.2, 0.25) is 5.91 Å². The molecule has 130 valence electrons. The molecule has 0 bridgehead atoms. The second kappa shape index (κ2) is 6.72. The third kappa shape index (κ3) is 4.57. The lowest BCUT2D eigenvalue weighted by molar-refractivity contribution is -0.141. The summed E-state index contributed by atoms with van der Waals surface area (Å²) in [5, 5.41) is 18.4. The van der Waals surface area contributed by atoms with E-state index in [9.17, 15) is 22.8 Å². The quantitative estimate of drug-likeness (QED) is 0.813. The molecule has 2 rings (SSSR count). The third-order valence-corrected chi connectivity index (χ3v) is 2.96. The first kappa shape index (κ1) is 17.5. The van der Waals surface area contributed by atoms with Crippen LogP contribution >= 0.6 is 0 Å². The number of rotatable bonds is 6. The predicted octanol–water partition coefficient (Wildman–Crippen LogP) is 1.00. The van der Waals surface area contributed by atoms with Gasteiger partial charge in [-0.15, -0.1) is 0 Å². The molecule has 8 nitrogen and oxygen atoms in total. The Morgan fingerprint density at radius 1 is 1.25 bits per heavy atom. The van der Waals surface area contributed by atoms with Gasteiger partial charge in [-0.25, -0.2) is 4.79 Å². The first-order valence-corrected chi connectivity index (χ1v) is 6.82. The number of hydrogen-bond acceptors (Lipinski definition) is 4. The third-order valence-electron chi connectivity index (χ3n) is 2.96. The molecule has 0 radical (unpaired) electrons. The van der Waals surface area contributed by atoms with Crippen LogP contribution in [0, 0.1) is 0 Å². The Labute approximate surface area is 133 Å². The van der Waals surface area contributed by atoms with Crippen LogP contribution in [0.3, 0.4) is 0 Å². The Kier molecular flexibility index (Phi) is 4.90. The fourth-order valence-electron chi connectivity index (χ4n) is 1.97. The summed E-state index contributed by atoms with van der Waals surface area (Å²) in [6.45, 7) is 1.46. The predicted molar refractivity (Wildman–Crippen MR) is 74.0 cm³/mol. The Hall–Kier alpha value is -2.85. The lowest BCUT2D eigenvalue weighted by atomic mass is 10.3. The standard InChI is InChI=1S/C13H14F3N5O3/c1-8(6-20-5-3-10(19-20)13(14,15)16)17-11(22)7-21-4-2-9(18-21)12(23)24/h2-5,8H,6-7H2,1H3,(H,17,22)(H,23,24). The molecule has 2 N–H and O–H groups in total. The summed E-state index contributed by atoms with van der Waals surface area (Å²) >= 11 is 0. The molecule has 0 fully saturated rings. The zero-order chi connectivity index (χ0) is 17.9. The van der Waals surface area contributed by atoms with Crippen molar-refractivity contribution in [2.24, 2.45) is 0 Å². The number of amides is 1. The van der Waals surface area contributed by atoms with Gasteiger partial charge in [-0.2, -0.15) is 23.4 Å². The lowest BCUT2D eigenvalue weighted by Gasteiger charge is -2.14. The number of nitrogens with zero attached hydrogens (tertiary/aromatic N) is 4. The monoisotopic (exact) mass is 345 g/mol. The van der Waals surface area contributed by atoms with E-state index in [0.717, 1.165) is 15.4 Å². The number of carboxylic acids is 1. The van der Waals surface area contributed by atoms with Gasteiger partial charge in [0.1, 0.15) is 6.54 Å². The number of hydrogen-bond donors (Lipinski definition) is 2. The summed E-state index contributed by atoms with van der Waals surface area (Å²) in [6.07, 6.45) is -1.99. The second-order valence-electron chi connectivity index (χ2n) is 5.09. The molecule has 2 aromatic rings. The largest absolute Gasteiger partial charge is 0.476 e. The number of alkyl halides is 3. The van der Waals surface area contributed by atoms with E-state index in [1.807, 2.05) is 0 Å². The molecule has 2 heterocycles. The Bertz CT molecular complexity index is 737. The van der Waals surface area contributed by atoms with E-state index in [0.29, 0.717) is 0 Å². The number of halogens is 3. The first-order chi connectivity index (χ1) is 11.1. The van der Waals surface area contributed by atoms with Crippen LogP contribution in [0.15, 0.2) is 24.5 Å². The average molecular weight is 345 g/mol. The minimum atomic E-state index is -4.51. The number of carboxylic acid groups (broad SMARTS) is 1. The van der Waals surface area contributed by atoms with Gasteiger partial charge >= 0.3 is 12.1 Å². The van der Waals surface area contributed by atoms with E-state index in [1.54, 1.807) is 6.92 Å². The van der Waals surface area contributed by atoms with Crippen LogP contribution in [-0.4, -0.2) is 42.6 Å². The van der Waals surface area contributed by atoms with Crippen LogP contribution in [0.1, 0.15) is 23.1 Å². The number of aromatic nitrogens is 4. The molecule has 0 aliphatic carbocycles. The van der Waals surface area contributed by atoms with Crippen LogP contribution in [0.25, 0.3) is 0 Å². The summed E-state index contributed by atoms with van der Waals surface area (Å²) in [7, 11) is 0. The smallest absolute Gasteiger partial charge is 0.435 e. The minimum absolute atomic E-state index is 0.0568. The van der Waals surface area contributed by atoms with Crippen molar-refractivity contribution in [1.29, 1.82) is 0 Å². The number of carbonyl (C=O) groups excluding carboxylic acids is 1. The molecular formula is C13H14F3N5O3. The van der Waals surface area contributed by atoms with Gasteiger partial charge in [-0.05, 0) is 19.1 Å². The molecule has 1 amide bonds. The molecule has 0 aliphatic rings. The van der Waals surface area contributed by atoms with Crippen molar-refractivity contribution in [2.75, 3.05) is 0 Å². The minimum Gasteiger partial charge on any atom is -0.476 e. The highest BCUT2D eigenvalue weighted by molar-refractivity contribution is 5.85. The maximum atomic E-state index is 12.5. The van der Waals surface area contributed by atoms with Crippen molar-refractivity contribution in [3.63, 3.8) is 0 Å². The highest BCUT2D eigenvalue weighted by atomic mass is 19.4. The molecule has 11 heteroatoms. The van der Waals surface area contributed by atoms with E-state index < -0.39 is 29.8 Å². The van der Waals surface area contributed by atoms with E-state index in [1.165, 1.54) is 18.5 Å². The number of aromatic carboxylic acids is 1. The second-order valence-corrected chi connectivity index (χ2v) is 5.09. The molecule has 24 heavy (non-hydrogen) atoms. The van der Waals surface area contributed by atoms with Crippen molar-refractivity contribution in [1.82, 2.24) is 24.9 Å². The molecule has 2 aromatic heterocycles. The van der Waals surface area contributed by atoms with Crippen LogP contribution in [0.5, 0.6) is 0 Å². The van der Waals surface area contributed by atoms with Crippen LogP contribution in [0.4, 0.5) is 13.2 Å². The number of carbonyl (C=O) groups is 2. The van der Waals surface area contributed by atoms with Gasteiger partial charge in [0.25, 0.3) is 0 Å². The van der Waals surface area contributed by atoms with Crippen molar-refractivity contribution in [3.05, 3.63) is 35.9 Å². The van der Waals surface area contributed by atoms with Crippen molar-refractivity contribution in [3.8, 4) is 0 Å². The molecule has 0 saturated carbocycles. The van der Waals surface area contributed by atoms with Crippen molar-refractivity contribution >= 4 is 11.9 Å². The van der Waals surface area contributed by atoms with E-state index >= 15 is 0 Å². The maximum Gasteiger partial charge on any atom is 0.435 e. The molecule has 0 spiro atoms. The topological polar surface area (TPSA) is 102 Å². The normalized spacial score (nSPS) is 12.8. The average Bonchev–Trinajstić information content (AvgIpc) is 3.06. The van der Waals surface area contributed by atoms with Crippen LogP contribution < -0.4 is 5.32 Å². The molecule has 0 aromatic carbocycles. The van der Waals surface area contributed by atoms with Crippen molar-refractivity contribution < 1.29 is 27.9 Å². The molecule has 0 aliphatic heterocycles. The first-order valence-electron chi connectivity index (χ1n) is 6.82. The molecule has 0 saturated heterocycles. The van der Waals surface area contributed by atoms with E-state index in [4.69, 9.17) is 5.11 Å². The fourth-order valence-corrected chi connectivity index (χ4v) is 1.97. The SMILES string of the molecule is CC(Cn1ccc(C(F)(F)F)n1)NC(=O)Cn1ccc(C(=O)O)n1. The van der Waals surface area contributed by atoms with Gasteiger partial charge in [0.05, 0.1) is 6.54 Å². The van der Waals surface area contributed by atoms with Crippen LogP contribution in [-0.2, 0) is 24.1 Å². The zero-order valence-electron chi connectivity index (χ0n) is 12.5. The highest BCUT2D eigenvalue weighted by Gasteiger charge is 2.33. The lowest BCUT2D eigenvalue weighted by Crippen LogP contribution is -2.38. The Morgan fingerprint density at radius 2 is 1.92 bits per heavy atom. The van der Waals surface area contributed by atoms with Gasteiger partial charge in [0, 0.05) is 18.4 Å². The van der Waals surface area contributed by atoms with Gasteiger partial charge in [-0.3, -0.25) is 14.2 Å². The summed E-state index contributed by atoms with van der Waals surface area (Å²) in [5.41, 5.74) is -1.19. The summed E-state index contributed by atoms with van der Waals surface area (Å²) in [4.78, 5) is 22.5. The van der Waals surface area contributed by atoms with Gasteiger partial charge in [-0.1, -0.05) is 0 Å². The van der Waals surface area contributed by atoms with Gasteiger partial charge < -0.3 is 10.4 Å². The summed E-state index contributed by atoms with van der Waals surface area (Å²) in [5.74, 6) is -1.66. The van der Waals surface area contributed by atoms with E-state index in [-0.39, 0.29) is 18.8 Å². The maximum absolute atomic E-state index is 12.5. The fraction of sp³-hybridized carbons (Fsp3) is 0.385. The highest BCUT2D eigenvalue weighted by Crippen LogP contribution is 2.27. The van der Waals surface area contributed by atoms with Crippen LogP contribution in [0.2, 0.25) is 0 Å². The zero-order valence-corrected chi connectivity index (χ0v) is 12.5. The Balaban J connectivity index is 1.87. The number of nitrogens with one attached hydrogen (secondary N) is 1. The molecular weight excluding hydrogens is 331 g/mol.